The summed E-state index contributed by atoms with van der Waals surface area (Å²) in [6.07, 6.45) is 1.61. The smallest absolute Gasteiger partial charge is 0.163 e. The maximum Gasteiger partial charge on any atom is 0.163 e. The van der Waals surface area contributed by atoms with Crippen molar-refractivity contribution < 1.29 is 4.74 Å². The monoisotopic (exact) mass is 205 g/mol. The lowest BCUT2D eigenvalue weighted by atomic mass is 10.2. The van der Waals surface area contributed by atoms with Crippen LogP contribution in [0.2, 0.25) is 0 Å². The van der Waals surface area contributed by atoms with Crippen molar-refractivity contribution in [1.82, 2.24) is 4.98 Å². The third-order valence-corrected chi connectivity index (χ3v) is 1.89. The van der Waals surface area contributed by atoms with E-state index < -0.39 is 0 Å². The molecule has 0 spiro atoms. The van der Waals surface area contributed by atoms with Crippen LogP contribution in [0.25, 0.3) is 0 Å². The van der Waals surface area contributed by atoms with Crippen LogP contribution in [0.15, 0.2) is 18.3 Å². The van der Waals surface area contributed by atoms with Crippen molar-refractivity contribution in [3.63, 3.8) is 0 Å². The maximum absolute atomic E-state index is 8.82. The van der Waals surface area contributed by atoms with Gasteiger partial charge in [-0.1, -0.05) is 0 Å². The van der Waals surface area contributed by atoms with Crippen molar-refractivity contribution >= 4 is 5.69 Å². The molecule has 15 heavy (non-hydrogen) atoms. The third-order valence-electron chi connectivity index (χ3n) is 1.89. The average molecular weight is 205 g/mol. The topological polar surface area (TPSA) is 57.9 Å². The molecule has 1 aromatic rings. The standard InChI is InChI=1S/C11H15N3O/c1-3-15-8-9(2)14-10-5-4-6-13-11(10)7-12/h4-6,9,14H,3,8H2,1-2H3. The molecule has 1 N–H and O–H groups in total. The lowest BCUT2D eigenvalue weighted by molar-refractivity contribution is 0.141. The number of aromatic nitrogens is 1. The van der Waals surface area contributed by atoms with Gasteiger partial charge in [-0.05, 0) is 26.0 Å². The Morgan fingerprint density at radius 1 is 1.67 bits per heavy atom. The van der Waals surface area contributed by atoms with E-state index in [9.17, 15) is 0 Å². The molecule has 0 aliphatic heterocycles. The van der Waals surface area contributed by atoms with E-state index in [1.807, 2.05) is 26.0 Å². The van der Waals surface area contributed by atoms with Crippen molar-refractivity contribution in [2.24, 2.45) is 0 Å². The summed E-state index contributed by atoms with van der Waals surface area (Å²) in [5, 5.41) is 12.0. The summed E-state index contributed by atoms with van der Waals surface area (Å²) in [6, 6.07) is 5.85. The molecule has 0 amide bonds. The Balaban J connectivity index is 2.60. The molecule has 0 aromatic carbocycles. The molecule has 0 bridgehead atoms. The molecule has 0 saturated carbocycles. The van der Waals surface area contributed by atoms with Crippen molar-refractivity contribution in [3.05, 3.63) is 24.0 Å². The Morgan fingerprint density at radius 3 is 3.13 bits per heavy atom. The molecule has 80 valence electrons. The number of hydrogen-bond acceptors (Lipinski definition) is 4. The molecule has 4 nitrogen and oxygen atoms in total. The molecule has 0 saturated heterocycles. The average Bonchev–Trinajstić information content (AvgIpc) is 2.27. The molecule has 1 aromatic heterocycles. The zero-order valence-corrected chi connectivity index (χ0v) is 9.03. The Morgan fingerprint density at radius 2 is 2.47 bits per heavy atom. The van der Waals surface area contributed by atoms with E-state index in [-0.39, 0.29) is 6.04 Å². The van der Waals surface area contributed by atoms with Gasteiger partial charge in [0.05, 0.1) is 12.3 Å². The number of nitriles is 1. The molecule has 4 heteroatoms. The van der Waals surface area contributed by atoms with E-state index in [0.717, 1.165) is 5.69 Å². The van der Waals surface area contributed by atoms with Crippen LogP contribution in [-0.4, -0.2) is 24.2 Å². The number of ether oxygens (including phenoxy) is 1. The van der Waals surface area contributed by atoms with Gasteiger partial charge < -0.3 is 10.1 Å². The minimum Gasteiger partial charge on any atom is -0.380 e. The lowest BCUT2D eigenvalue weighted by Crippen LogP contribution is -2.22. The van der Waals surface area contributed by atoms with E-state index >= 15 is 0 Å². The fourth-order valence-electron chi connectivity index (χ4n) is 1.21. The zero-order chi connectivity index (χ0) is 11.1. The van der Waals surface area contributed by atoms with Gasteiger partial charge >= 0.3 is 0 Å². The Kier molecular flexibility index (Phi) is 4.58. The number of nitrogens with one attached hydrogen (secondary N) is 1. The third kappa shape index (κ3) is 3.56. The molecular weight excluding hydrogens is 190 g/mol. The summed E-state index contributed by atoms with van der Waals surface area (Å²) in [6.45, 7) is 5.28. The number of rotatable bonds is 5. The Labute approximate surface area is 89.9 Å². The van der Waals surface area contributed by atoms with E-state index in [1.54, 1.807) is 12.3 Å². The highest BCUT2D eigenvalue weighted by atomic mass is 16.5. The largest absolute Gasteiger partial charge is 0.380 e. The molecule has 1 rings (SSSR count). The summed E-state index contributed by atoms with van der Waals surface area (Å²) in [5.74, 6) is 0. The van der Waals surface area contributed by atoms with Crippen LogP contribution >= 0.6 is 0 Å². The van der Waals surface area contributed by atoms with Gasteiger partial charge in [-0.15, -0.1) is 0 Å². The zero-order valence-electron chi connectivity index (χ0n) is 9.03. The van der Waals surface area contributed by atoms with Crippen molar-refractivity contribution in [2.75, 3.05) is 18.5 Å². The van der Waals surface area contributed by atoms with Crippen LogP contribution in [0.4, 0.5) is 5.69 Å². The van der Waals surface area contributed by atoms with Crippen molar-refractivity contribution in [3.8, 4) is 6.07 Å². The summed E-state index contributed by atoms with van der Waals surface area (Å²) < 4.78 is 5.28. The van der Waals surface area contributed by atoms with Gasteiger partial charge in [0, 0.05) is 18.8 Å². The first-order valence-corrected chi connectivity index (χ1v) is 4.97. The molecule has 0 aliphatic carbocycles. The van der Waals surface area contributed by atoms with Crippen LogP contribution in [0, 0.1) is 11.3 Å². The highest BCUT2D eigenvalue weighted by Gasteiger charge is 2.05. The first-order chi connectivity index (χ1) is 7.27. The molecule has 1 unspecified atom stereocenters. The maximum atomic E-state index is 8.82. The summed E-state index contributed by atoms with van der Waals surface area (Å²) in [7, 11) is 0. The van der Waals surface area contributed by atoms with Crippen molar-refractivity contribution in [2.45, 2.75) is 19.9 Å². The second kappa shape index (κ2) is 5.99. The number of pyridine rings is 1. The minimum atomic E-state index is 0.168. The molecule has 1 heterocycles. The Hall–Kier alpha value is -1.60. The molecule has 1 atom stereocenters. The first kappa shape index (κ1) is 11.5. The van der Waals surface area contributed by atoms with Crippen LogP contribution < -0.4 is 5.32 Å². The van der Waals surface area contributed by atoms with E-state index in [4.69, 9.17) is 10.00 Å². The number of anilines is 1. The van der Waals surface area contributed by atoms with Gasteiger partial charge in [-0.2, -0.15) is 5.26 Å². The van der Waals surface area contributed by atoms with Gasteiger partial charge in [0.1, 0.15) is 6.07 Å². The first-order valence-electron chi connectivity index (χ1n) is 4.97. The normalized spacial score (nSPS) is 11.8. The van der Waals surface area contributed by atoms with Gasteiger partial charge in [0.15, 0.2) is 5.69 Å². The van der Waals surface area contributed by atoms with E-state index in [0.29, 0.717) is 18.9 Å². The quantitative estimate of drug-likeness (QED) is 0.796. The molecule has 0 fully saturated rings. The fourth-order valence-corrected chi connectivity index (χ4v) is 1.21. The summed E-state index contributed by atoms with van der Waals surface area (Å²) >= 11 is 0. The predicted molar refractivity (Wildman–Crippen MR) is 58.5 cm³/mol. The minimum absolute atomic E-state index is 0.168. The molecular formula is C11H15N3O. The van der Waals surface area contributed by atoms with Gasteiger partial charge in [-0.25, -0.2) is 4.98 Å². The van der Waals surface area contributed by atoms with Gasteiger partial charge in [0.2, 0.25) is 0 Å². The van der Waals surface area contributed by atoms with Crippen LogP contribution in [0.3, 0.4) is 0 Å². The highest BCUT2D eigenvalue weighted by Crippen LogP contribution is 2.11. The van der Waals surface area contributed by atoms with Crippen LogP contribution in [0.1, 0.15) is 19.5 Å². The van der Waals surface area contributed by atoms with Crippen LogP contribution in [0.5, 0.6) is 0 Å². The number of hydrogen-bond donors (Lipinski definition) is 1. The molecule has 0 aliphatic rings. The summed E-state index contributed by atoms with van der Waals surface area (Å²) in [5.41, 5.74) is 1.17. The SMILES string of the molecule is CCOCC(C)Nc1cccnc1C#N. The van der Waals surface area contributed by atoms with Gasteiger partial charge in [0.25, 0.3) is 0 Å². The van der Waals surface area contributed by atoms with Crippen molar-refractivity contribution in [1.29, 1.82) is 5.26 Å². The molecule has 0 radical (unpaired) electrons. The second-order valence-corrected chi connectivity index (χ2v) is 3.22. The fraction of sp³-hybridized carbons (Fsp3) is 0.455. The second-order valence-electron chi connectivity index (χ2n) is 3.22. The predicted octanol–water partition coefficient (Wildman–Crippen LogP) is 1.79. The highest BCUT2D eigenvalue weighted by molar-refractivity contribution is 5.53. The van der Waals surface area contributed by atoms with E-state index in [2.05, 4.69) is 10.3 Å². The number of nitrogens with zero attached hydrogens (tertiary/aromatic N) is 2. The lowest BCUT2D eigenvalue weighted by Gasteiger charge is -2.15. The summed E-state index contributed by atoms with van der Waals surface area (Å²) in [4.78, 5) is 3.97. The van der Waals surface area contributed by atoms with Gasteiger partial charge in [-0.3, -0.25) is 0 Å². The van der Waals surface area contributed by atoms with Crippen LogP contribution in [-0.2, 0) is 4.74 Å². The Bertz CT molecular complexity index is 346. The van der Waals surface area contributed by atoms with E-state index in [1.165, 1.54) is 0 Å².